The highest BCUT2D eigenvalue weighted by molar-refractivity contribution is 5.81. The van der Waals surface area contributed by atoms with Crippen LogP contribution < -0.4 is 0 Å². The van der Waals surface area contributed by atoms with Crippen molar-refractivity contribution in [1.29, 1.82) is 0 Å². The lowest BCUT2D eigenvalue weighted by Gasteiger charge is -2.19. The van der Waals surface area contributed by atoms with Crippen molar-refractivity contribution in [3.63, 3.8) is 0 Å². The molecule has 5 heteroatoms. The summed E-state index contributed by atoms with van der Waals surface area (Å²) in [5, 5.41) is 0. The fourth-order valence-corrected chi connectivity index (χ4v) is 2.35. The van der Waals surface area contributed by atoms with Gasteiger partial charge in [-0.15, -0.1) is 0 Å². The van der Waals surface area contributed by atoms with E-state index < -0.39 is 0 Å². The molecule has 0 spiro atoms. The van der Waals surface area contributed by atoms with Gasteiger partial charge in [0, 0.05) is 20.2 Å². The number of nitrogens with zero attached hydrogens (tertiary/aromatic N) is 3. The van der Waals surface area contributed by atoms with Crippen LogP contribution in [-0.4, -0.2) is 40.6 Å². The van der Waals surface area contributed by atoms with Crippen LogP contribution >= 0.6 is 0 Å². The van der Waals surface area contributed by atoms with E-state index in [0.29, 0.717) is 13.2 Å². The first kappa shape index (κ1) is 14.5. The first-order valence-electron chi connectivity index (χ1n) is 6.92. The normalized spacial score (nSPS) is 10.9. The molecule has 1 amide bonds. The maximum absolute atomic E-state index is 12.3. The molecule has 2 rings (SSSR count). The van der Waals surface area contributed by atoms with Crippen molar-refractivity contribution in [1.82, 2.24) is 14.5 Å². The molecule has 1 aromatic heterocycles. The van der Waals surface area contributed by atoms with Gasteiger partial charge < -0.3 is 14.2 Å². The first-order valence-corrected chi connectivity index (χ1v) is 6.92. The molecule has 0 saturated heterocycles. The lowest BCUT2D eigenvalue weighted by Crippen LogP contribution is -2.33. The Hall–Kier alpha value is -1.88. The van der Waals surface area contributed by atoms with E-state index in [2.05, 4.69) is 4.98 Å². The zero-order valence-corrected chi connectivity index (χ0v) is 12.3. The summed E-state index contributed by atoms with van der Waals surface area (Å²) < 4.78 is 7.13. The van der Waals surface area contributed by atoms with Gasteiger partial charge in [-0.2, -0.15) is 0 Å². The van der Waals surface area contributed by atoms with Gasteiger partial charge in [0.15, 0.2) is 0 Å². The summed E-state index contributed by atoms with van der Waals surface area (Å²) in [5.74, 6) is 0.893. The fraction of sp³-hybridized carbons (Fsp3) is 0.467. The van der Waals surface area contributed by atoms with E-state index in [-0.39, 0.29) is 5.91 Å². The van der Waals surface area contributed by atoms with Gasteiger partial charge in [-0.1, -0.05) is 12.1 Å². The second-order valence-electron chi connectivity index (χ2n) is 4.60. The Labute approximate surface area is 119 Å². The molecular weight excluding hydrogens is 254 g/mol. The highest BCUT2D eigenvalue weighted by Crippen LogP contribution is 2.17. The van der Waals surface area contributed by atoms with Crippen LogP contribution in [0.1, 0.15) is 19.7 Å². The van der Waals surface area contributed by atoms with Crippen LogP contribution in [-0.2, 0) is 22.7 Å². The number of benzene rings is 1. The van der Waals surface area contributed by atoms with Crippen LogP contribution in [0.4, 0.5) is 0 Å². The Balaban J connectivity index is 2.36. The number of likely N-dealkylation sites (N-methyl/N-ethyl adjacent to an activating group) is 1. The molecule has 0 saturated carbocycles. The highest BCUT2D eigenvalue weighted by atomic mass is 16.5. The minimum atomic E-state index is 0.107. The number of para-hydroxylation sites is 2. The third kappa shape index (κ3) is 2.82. The van der Waals surface area contributed by atoms with Crippen molar-refractivity contribution in [2.75, 3.05) is 20.2 Å². The lowest BCUT2D eigenvalue weighted by atomic mass is 10.3. The van der Waals surface area contributed by atoms with Crippen LogP contribution in [0.5, 0.6) is 0 Å². The Morgan fingerprint density at radius 1 is 1.30 bits per heavy atom. The number of hydrogen-bond acceptors (Lipinski definition) is 3. The summed E-state index contributed by atoms with van der Waals surface area (Å²) in [5.41, 5.74) is 1.87. The summed E-state index contributed by atoms with van der Waals surface area (Å²) >= 11 is 0. The average molecular weight is 275 g/mol. The molecule has 1 heterocycles. The van der Waals surface area contributed by atoms with Gasteiger partial charge in [-0.05, 0) is 26.0 Å². The molecule has 2 aromatic rings. The monoisotopic (exact) mass is 275 g/mol. The minimum absolute atomic E-state index is 0.107. The third-order valence-electron chi connectivity index (χ3n) is 3.42. The number of hydrogen-bond donors (Lipinski definition) is 0. The van der Waals surface area contributed by atoms with Crippen molar-refractivity contribution in [3.05, 3.63) is 30.1 Å². The second-order valence-corrected chi connectivity index (χ2v) is 4.60. The van der Waals surface area contributed by atoms with Gasteiger partial charge in [0.1, 0.15) is 19.0 Å². The van der Waals surface area contributed by atoms with Gasteiger partial charge in [-0.25, -0.2) is 4.98 Å². The Morgan fingerprint density at radius 3 is 2.65 bits per heavy atom. The molecule has 0 atom stereocenters. The van der Waals surface area contributed by atoms with Crippen LogP contribution in [0.3, 0.4) is 0 Å². The number of rotatable bonds is 6. The zero-order valence-electron chi connectivity index (χ0n) is 12.3. The number of carbonyl (C=O) groups excluding carboxylic acids is 1. The van der Waals surface area contributed by atoms with Gasteiger partial charge in [-0.3, -0.25) is 4.79 Å². The van der Waals surface area contributed by atoms with E-state index in [1.54, 1.807) is 7.11 Å². The molecule has 0 fully saturated rings. The van der Waals surface area contributed by atoms with E-state index in [0.717, 1.165) is 29.9 Å². The highest BCUT2D eigenvalue weighted by Gasteiger charge is 2.16. The summed E-state index contributed by atoms with van der Waals surface area (Å²) in [4.78, 5) is 18.7. The Bertz CT molecular complexity index is 588. The molecular formula is C15H21N3O2. The lowest BCUT2D eigenvalue weighted by molar-refractivity contribution is -0.131. The van der Waals surface area contributed by atoms with Crippen molar-refractivity contribution in [2.45, 2.75) is 27.0 Å². The third-order valence-corrected chi connectivity index (χ3v) is 3.42. The van der Waals surface area contributed by atoms with Crippen LogP contribution in [0.15, 0.2) is 24.3 Å². The predicted octanol–water partition coefficient (Wildman–Crippen LogP) is 2.05. The van der Waals surface area contributed by atoms with Crippen molar-refractivity contribution in [2.24, 2.45) is 0 Å². The van der Waals surface area contributed by atoms with Gasteiger partial charge >= 0.3 is 0 Å². The second kappa shape index (κ2) is 6.52. The molecule has 0 unspecified atom stereocenters. The maximum Gasteiger partial charge on any atom is 0.242 e. The zero-order chi connectivity index (χ0) is 14.5. The molecule has 0 aliphatic carbocycles. The molecule has 108 valence electrons. The predicted molar refractivity (Wildman–Crippen MR) is 78.4 cm³/mol. The number of methoxy groups -OCH3 is 1. The van der Waals surface area contributed by atoms with Crippen molar-refractivity contribution in [3.8, 4) is 0 Å². The summed E-state index contributed by atoms with van der Waals surface area (Å²) in [6.07, 6.45) is 0. The number of imidazole rings is 1. The molecule has 20 heavy (non-hydrogen) atoms. The quantitative estimate of drug-likeness (QED) is 0.810. The largest absolute Gasteiger partial charge is 0.377 e. The van der Waals surface area contributed by atoms with Crippen LogP contribution in [0, 0.1) is 0 Å². The molecule has 0 aliphatic rings. The average Bonchev–Trinajstić information content (AvgIpc) is 2.79. The number of fused-ring (bicyclic) bond motifs is 1. The SMILES string of the molecule is CCN(CC)C(=O)Cn1c(COC)nc2ccccc21. The van der Waals surface area contributed by atoms with Gasteiger partial charge in [0.25, 0.3) is 0 Å². The van der Waals surface area contributed by atoms with E-state index in [1.807, 2.05) is 47.6 Å². The minimum Gasteiger partial charge on any atom is -0.377 e. The van der Waals surface area contributed by atoms with Crippen LogP contribution in [0.25, 0.3) is 11.0 Å². The van der Waals surface area contributed by atoms with Crippen molar-refractivity contribution < 1.29 is 9.53 Å². The van der Waals surface area contributed by atoms with Crippen LogP contribution in [0.2, 0.25) is 0 Å². The van der Waals surface area contributed by atoms with Gasteiger partial charge in [0.05, 0.1) is 11.0 Å². The number of aromatic nitrogens is 2. The topological polar surface area (TPSA) is 47.4 Å². The van der Waals surface area contributed by atoms with E-state index in [4.69, 9.17) is 4.74 Å². The Kier molecular flexibility index (Phi) is 4.74. The summed E-state index contributed by atoms with van der Waals surface area (Å²) in [7, 11) is 1.63. The van der Waals surface area contributed by atoms with E-state index in [9.17, 15) is 4.79 Å². The molecule has 0 N–H and O–H groups in total. The number of carbonyl (C=O) groups is 1. The molecule has 0 bridgehead atoms. The molecule has 0 radical (unpaired) electrons. The molecule has 5 nitrogen and oxygen atoms in total. The molecule has 1 aromatic carbocycles. The summed E-state index contributed by atoms with van der Waals surface area (Å²) in [6, 6.07) is 7.84. The van der Waals surface area contributed by atoms with E-state index >= 15 is 0 Å². The maximum atomic E-state index is 12.3. The first-order chi connectivity index (χ1) is 9.71. The number of amides is 1. The summed E-state index contributed by atoms with van der Waals surface area (Å²) in [6.45, 7) is 6.14. The molecule has 0 aliphatic heterocycles. The number of ether oxygens (including phenoxy) is 1. The van der Waals surface area contributed by atoms with Crippen molar-refractivity contribution >= 4 is 16.9 Å². The smallest absolute Gasteiger partial charge is 0.242 e. The Morgan fingerprint density at radius 2 is 2.00 bits per heavy atom. The van der Waals surface area contributed by atoms with Gasteiger partial charge in [0.2, 0.25) is 5.91 Å². The standard InChI is InChI=1S/C15H21N3O2/c1-4-17(5-2)15(19)10-18-13-9-7-6-8-12(13)16-14(18)11-20-3/h6-9H,4-5,10-11H2,1-3H3. The fourth-order valence-electron chi connectivity index (χ4n) is 2.35. The van der Waals surface area contributed by atoms with E-state index in [1.165, 1.54) is 0 Å².